The lowest BCUT2D eigenvalue weighted by molar-refractivity contribution is -0.130. The third kappa shape index (κ3) is 4.27. The number of thioether (sulfide) groups is 1. The molecule has 7 nitrogen and oxygen atoms in total. The van der Waals surface area contributed by atoms with Crippen LogP contribution in [0.25, 0.3) is 0 Å². The van der Waals surface area contributed by atoms with Crippen LogP contribution in [-0.4, -0.2) is 52.9 Å². The molecule has 1 aliphatic carbocycles. The van der Waals surface area contributed by atoms with Gasteiger partial charge in [0.25, 0.3) is 11.1 Å². The molecule has 2 aliphatic rings. The van der Waals surface area contributed by atoms with Crippen molar-refractivity contribution in [3.63, 3.8) is 0 Å². The second-order valence-electron chi connectivity index (χ2n) is 6.20. The number of rotatable bonds is 6. The number of fused-ring (bicyclic) bond motifs is 1. The summed E-state index contributed by atoms with van der Waals surface area (Å²) in [4.78, 5) is 50.1. The quantitative estimate of drug-likeness (QED) is 0.739. The van der Waals surface area contributed by atoms with E-state index in [2.05, 4.69) is 5.32 Å². The molecular weight excluding hydrogens is 376 g/mol. The Hall–Kier alpha value is -1.87. The number of amides is 3. The van der Waals surface area contributed by atoms with Crippen LogP contribution in [0.3, 0.4) is 0 Å². The van der Waals surface area contributed by atoms with Gasteiger partial charge in [0, 0.05) is 18.0 Å². The van der Waals surface area contributed by atoms with E-state index in [1.165, 1.54) is 28.7 Å². The number of carbonyl (C=O) groups excluding carboxylic acids is 4. The topological polar surface area (TPSA) is 92.8 Å². The van der Waals surface area contributed by atoms with E-state index in [0.29, 0.717) is 4.88 Å². The molecule has 0 radical (unpaired) electrons. The van der Waals surface area contributed by atoms with E-state index in [1.807, 2.05) is 6.07 Å². The minimum atomic E-state index is -0.944. The highest BCUT2D eigenvalue weighted by Crippen LogP contribution is 2.30. The molecule has 0 spiro atoms. The predicted molar refractivity (Wildman–Crippen MR) is 98.4 cm³/mol. The van der Waals surface area contributed by atoms with Gasteiger partial charge < -0.3 is 10.1 Å². The Labute approximate surface area is 159 Å². The van der Waals surface area contributed by atoms with E-state index >= 15 is 0 Å². The van der Waals surface area contributed by atoms with Gasteiger partial charge in [0.2, 0.25) is 5.91 Å². The lowest BCUT2D eigenvalue weighted by atomic mass is 9.99. The lowest BCUT2D eigenvalue weighted by Crippen LogP contribution is -2.41. The van der Waals surface area contributed by atoms with E-state index in [-0.39, 0.29) is 30.0 Å². The monoisotopic (exact) mass is 396 g/mol. The van der Waals surface area contributed by atoms with Gasteiger partial charge in [0.1, 0.15) is 4.88 Å². The van der Waals surface area contributed by atoms with Gasteiger partial charge in [-0.3, -0.25) is 19.3 Å². The number of imide groups is 1. The molecule has 26 heavy (non-hydrogen) atoms. The van der Waals surface area contributed by atoms with Crippen molar-refractivity contribution in [3.05, 3.63) is 21.4 Å². The van der Waals surface area contributed by atoms with Gasteiger partial charge in [-0.05, 0) is 44.2 Å². The molecule has 140 valence electrons. The average molecular weight is 396 g/mol. The Morgan fingerprint density at radius 1 is 1.31 bits per heavy atom. The van der Waals surface area contributed by atoms with E-state index in [0.717, 1.165) is 42.3 Å². The summed E-state index contributed by atoms with van der Waals surface area (Å²) in [5, 5.41) is 2.29. The summed E-state index contributed by atoms with van der Waals surface area (Å²) < 4.78 is 5.25. The van der Waals surface area contributed by atoms with Crippen LogP contribution >= 0.6 is 23.1 Å². The second kappa shape index (κ2) is 8.22. The highest BCUT2D eigenvalue weighted by molar-refractivity contribution is 8.14. The smallest absolute Gasteiger partial charge is 0.349 e. The first-order chi connectivity index (χ1) is 12.5. The maximum atomic E-state index is 12.3. The molecular formula is C17H20N2O5S2. The van der Waals surface area contributed by atoms with Crippen LogP contribution in [0.1, 0.15) is 39.9 Å². The van der Waals surface area contributed by atoms with Gasteiger partial charge in [-0.2, -0.15) is 0 Å². The fourth-order valence-corrected chi connectivity index (χ4v) is 4.78. The molecule has 1 aromatic heterocycles. The molecule has 1 fully saturated rings. The van der Waals surface area contributed by atoms with Crippen LogP contribution in [0, 0.1) is 0 Å². The zero-order valence-corrected chi connectivity index (χ0v) is 16.0. The maximum Gasteiger partial charge on any atom is 0.349 e. The van der Waals surface area contributed by atoms with Crippen LogP contribution in [0.2, 0.25) is 0 Å². The van der Waals surface area contributed by atoms with Crippen molar-refractivity contribution >= 4 is 46.1 Å². The molecule has 1 aliphatic heterocycles. The van der Waals surface area contributed by atoms with E-state index in [9.17, 15) is 19.2 Å². The largest absolute Gasteiger partial charge is 0.448 e. The zero-order valence-electron chi connectivity index (χ0n) is 14.4. The van der Waals surface area contributed by atoms with Gasteiger partial charge >= 0.3 is 5.97 Å². The van der Waals surface area contributed by atoms with Crippen molar-refractivity contribution in [1.82, 2.24) is 10.2 Å². The second-order valence-corrected chi connectivity index (χ2v) is 8.27. The van der Waals surface area contributed by atoms with Crippen LogP contribution in [0.5, 0.6) is 0 Å². The molecule has 1 saturated heterocycles. The first kappa shape index (κ1) is 18.9. The fourth-order valence-electron chi connectivity index (χ4n) is 2.90. The van der Waals surface area contributed by atoms with Crippen molar-refractivity contribution in [2.24, 2.45) is 0 Å². The van der Waals surface area contributed by atoms with Crippen molar-refractivity contribution < 1.29 is 23.9 Å². The highest BCUT2D eigenvalue weighted by atomic mass is 32.2. The predicted octanol–water partition coefficient (Wildman–Crippen LogP) is 1.98. The number of nitrogens with zero attached hydrogens (tertiary/aromatic N) is 1. The van der Waals surface area contributed by atoms with Crippen LogP contribution in [0.4, 0.5) is 4.79 Å². The SMILES string of the molecule is C[C@H](OC(=O)c1cc2c(s1)CCCC2)C(=O)NCCN1C(=O)CSC1=O. The molecule has 2 heterocycles. The molecule has 3 amide bonds. The summed E-state index contributed by atoms with van der Waals surface area (Å²) in [5.74, 6) is -1.05. The average Bonchev–Trinajstić information content (AvgIpc) is 3.19. The van der Waals surface area contributed by atoms with Gasteiger partial charge in [-0.15, -0.1) is 11.3 Å². The Kier molecular flexibility index (Phi) is 5.98. The van der Waals surface area contributed by atoms with Crippen LogP contribution in [0.15, 0.2) is 6.07 Å². The normalized spacial score (nSPS) is 17.8. The summed E-state index contributed by atoms with van der Waals surface area (Å²) in [5.41, 5.74) is 1.21. The lowest BCUT2D eigenvalue weighted by Gasteiger charge is -2.15. The van der Waals surface area contributed by atoms with Crippen LogP contribution in [-0.2, 0) is 27.2 Å². The number of aryl methyl sites for hydroxylation is 2. The summed E-state index contributed by atoms with van der Waals surface area (Å²) >= 11 is 2.39. The van der Waals surface area contributed by atoms with Gasteiger partial charge in [0.05, 0.1) is 5.75 Å². The fraction of sp³-hybridized carbons (Fsp3) is 0.529. The number of hydrogen-bond donors (Lipinski definition) is 1. The Bertz CT molecular complexity index is 706. The zero-order chi connectivity index (χ0) is 18.7. The van der Waals surface area contributed by atoms with Crippen molar-refractivity contribution in [2.45, 2.75) is 38.7 Å². The minimum absolute atomic E-state index is 0.120. The molecule has 3 rings (SSSR count). The number of hydrogen-bond acceptors (Lipinski definition) is 7. The standard InChI is InChI=1S/C17H20N2O5S2/c1-10(15(21)18-6-7-19-14(20)9-25-17(19)23)24-16(22)13-8-11-4-2-3-5-12(11)26-13/h8,10H,2-7,9H2,1H3,(H,18,21)/t10-/m0/s1. The first-order valence-corrected chi connectivity index (χ1v) is 10.3. The molecule has 1 aromatic rings. The van der Waals surface area contributed by atoms with Crippen molar-refractivity contribution in [2.75, 3.05) is 18.8 Å². The molecule has 0 unspecified atom stereocenters. The molecule has 1 N–H and O–H groups in total. The summed E-state index contributed by atoms with van der Waals surface area (Å²) in [6, 6.07) is 1.87. The molecule has 0 bridgehead atoms. The third-order valence-corrected chi connectivity index (χ3v) is 6.40. The molecule has 9 heteroatoms. The Morgan fingerprint density at radius 3 is 2.77 bits per heavy atom. The van der Waals surface area contributed by atoms with Crippen molar-refractivity contribution in [1.29, 1.82) is 0 Å². The van der Waals surface area contributed by atoms with Gasteiger partial charge in [-0.25, -0.2) is 4.79 Å². The van der Waals surface area contributed by atoms with Gasteiger partial charge in [-0.1, -0.05) is 11.8 Å². The number of nitrogens with one attached hydrogen (secondary N) is 1. The van der Waals surface area contributed by atoms with Crippen LogP contribution < -0.4 is 5.32 Å². The minimum Gasteiger partial charge on any atom is -0.448 e. The summed E-state index contributed by atoms with van der Waals surface area (Å²) in [6.07, 6.45) is 3.32. The summed E-state index contributed by atoms with van der Waals surface area (Å²) in [6.45, 7) is 1.75. The third-order valence-electron chi connectivity index (χ3n) is 4.33. The van der Waals surface area contributed by atoms with E-state index in [4.69, 9.17) is 4.74 Å². The molecule has 1 atom stereocenters. The molecule has 0 saturated carbocycles. The summed E-state index contributed by atoms with van der Waals surface area (Å²) in [7, 11) is 0. The first-order valence-electron chi connectivity index (χ1n) is 8.53. The highest BCUT2D eigenvalue weighted by Gasteiger charge is 2.29. The number of ether oxygens (including phenoxy) is 1. The Balaban J connectivity index is 1.46. The number of esters is 1. The molecule has 0 aromatic carbocycles. The maximum absolute atomic E-state index is 12.3. The number of carbonyl (C=O) groups is 4. The Morgan fingerprint density at radius 2 is 2.08 bits per heavy atom. The van der Waals surface area contributed by atoms with E-state index in [1.54, 1.807) is 0 Å². The number of thiophene rings is 1. The van der Waals surface area contributed by atoms with Crippen molar-refractivity contribution in [3.8, 4) is 0 Å². The van der Waals surface area contributed by atoms with E-state index < -0.39 is 18.0 Å². The van der Waals surface area contributed by atoms with Gasteiger partial charge in [0.15, 0.2) is 6.10 Å².